The molecule has 3 aromatic rings. The molecule has 1 saturated heterocycles. The van der Waals surface area contributed by atoms with Crippen LogP contribution < -0.4 is 0 Å². The zero-order valence-electron chi connectivity index (χ0n) is 15.0. The van der Waals surface area contributed by atoms with E-state index < -0.39 is 10.8 Å². The van der Waals surface area contributed by atoms with Gasteiger partial charge in [0.25, 0.3) is 5.91 Å². The Morgan fingerprint density at radius 1 is 1.14 bits per heavy atom. The van der Waals surface area contributed by atoms with E-state index in [1.54, 1.807) is 16.2 Å². The fourth-order valence-corrected chi connectivity index (χ4v) is 3.94. The Bertz CT molecular complexity index is 977. The molecule has 0 saturated carbocycles. The van der Waals surface area contributed by atoms with Crippen molar-refractivity contribution in [3.63, 3.8) is 0 Å². The molecule has 0 unspecified atom stereocenters. The number of amides is 1. The van der Waals surface area contributed by atoms with Crippen molar-refractivity contribution in [2.75, 3.05) is 26.2 Å². The highest BCUT2D eigenvalue weighted by atomic mass is 32.1. The van der Waals surface area contributed by atoms with Crippen LogP contribution in [0, 0.1) is 10.1 Å². The molecular weight excluding hydrogens is 380 g/mol. The summed E-state index contributed by atoms with van der Waals surface area (Å²) in [6, 6.07) is 12.6. The topological polar surface area (TPSA) is 92.7 Å². The third-order valence-corrected chi connectivity index (χ3v) is 5.54. The van der Waals surface area contributed by atoms with Crippen molar-refractivity contribution in [1.82, 2.24) is 14.8 Å². The molecule has 8 nitrogen and oxygen atoms in total. The molecule has 1 aliphatic heterocycles. The van der Waals surface area contributed by atoms with E-state index in [1.807, 2.05) is 30.3 Å². The number of nitro groups is 1. The summed E-state index contributed by atoms with van der Waals surface area (Å²) in [5.41, 5.74) is 2.13. The zero-order chi connectivity index (χ0) is 19.5. The Kier molecular flexibility index (Phi) is 5.18. The fourth-order valence-electron chi connectivity index (χ4n) is 3.13. The van der Waals surface area contributed by atoms with E-state index in [4.69, 9.17) is 9.40 Å². The van der Waals surface area contributed by atoms with Crippen LogP contribution in [-0.2, 0) is 6.54 Å². The Morgan fingerprint density at radius 2 is 1.89 bits per heavy atom. The molecule has 1 aliphatic rings. The van der Waals surface area contributed by atoms with E-state index in [2.05, 4.69) is 10.3 Å². The molecule has 0 aliphatic carbocycles. The first kappa shape index (κ1) is 18.3. The van der Waals surface area contributed by atoms with Crippen LogP contribution >= 0.6 is 11.3 Å². The van der Waals surface area contributed by atoms with Gasteiger partial charge in [-0.25, -0.2) is 4.98 Å². The maximum Gasteiger partial charge on any atom is 0.433 e. The minimum Gasteiger partial charge on any atom is -0.395 e. The van der Waals surface area contributed by atoms with Crippen LogP contribution in [0.15, 0.2) is 52.3 Å². The molecule has 3 heterocycles. The van der Waals surface area contributed by atoms with Gasteiger partial charge in [-0.05, 0) is 6.07 Å². The van der Waals surface area contributed by atoms with Crippen molar-refractivity contribution < 1.29 is 14.1 Å². The summed E-state index contributed by atoms with van der Waals surface area (Å²) in [6.07, 6.45) is 0. The first-order valence-corrected chi connectivity index (χ1v) is 9.74. The Balaban J connectivity index is 1.32. The van der Waals surface area contributed by atoms with Gasteiger partial charge in [-0.1, -0.05) is 30.3 Å². The minimum atomic E-state index is -0.647. The van der Waals surface area contributed by atoms with E-state index in [0.29, 0.717) is 26.2 Å². The highest BCUT2D eigenvalue weighted by Crippen LogP contribution is 2.24. The number of rotatable bonds is 5. The van der Waals surface area contributed by atoms with Gasteiger partial charge in [0.05, 0.1) is 11.8 Å². The molecule has 0 spiro atoms. The second-order valence-electron chi connectivity index (χ2n) is 6.47. The largest absolute Gasteiger partial charge is 0.433 e. The Morgan fingerprint density at radius 3 is 2.57 bits per heavy atom. The highest BCUT2D eigenvalue weighted by Gasteiger charge is 2.26. The normalized spacial score (nSPS) is 14.9. The zero-order valence-corrected chi connectivity index (χ0v) is 15.8. The predicted octanol–water partition coefficient (Wildman–Crippen LogP) is 3.27. The number of hydrogen-bond donors (Lipinski definition) is 0. The van der Waals surface area contributed by atoms with E-state index in [-0.39, 0.29) is 11.7 Å². The van der Waals surface area contributed by atoms with Crippen molar-refractivity contribution in [1.29, 1.82) is 0 Å². The summed E-state index contributed by atoms with van der Waals surface area (Å²) < 4.78 is 5.01. The summed E-state index contributed by atoms with van der Waals surface area (Å²) in [6.45, 7) is 3.25. The number of carbonyl (C=O) groups excluding carboxylic acids is 1. The standard InChI is InChI=1S/C19H18N4O4S/c24-19(16-6-7-17(27-16)23(25)26)22-10-8-21(9-11-22)12-15-13-28-18(20-15)14-4-2-1-3-5-14/h1-7,13H,8-12H2. The van der Waals surface area contributed by atoms with Crippen molar-refractivity contribution in [2.24, 2.45) is 0 Å². The lowest BCUT2D eigenvalue weighted by atomic mass is 10.2. The van der Waals surface area contributed by atoms with Crippen LogP contribution in [0.3, 0.4) is 0 Å². The summed E-state index contributed by atoms with van der Waals surface area (Å²) in [4.78, 5) is 31.1. The summed E-state index contributed by atoms with van der Waals surface area (Å²) >= 11 is 1.63. The first-order valence-electron chi connectivity index (χ1n) is 8.86. The molecule has 0 atom stereocenters. The third kappa shape index (κ3) is 3.95. The number of benzene rings is 1. The maximum atomic E-state index is 12.4. The van der Waals surface area contributed by atoms with Crippen LogP contribution in [0.25, 0.3) is 10.6 Å². The van der Waals surface area contributed by atoms with Gasteiger partial charge in [-0.3, -0.25) is 19.8 Å². The molecule has 1 amide bonds. The summed E-state index contributed by atoms with van der Waals surface area (Å²) in [5.74, 6) is -0.723. The van der Waals surface area contributed by atoms with Gasteiger partial charge >= 0.3 is 5.88 Å². The van der Waals surface area contributed by atoms with Gasteiger partial charge in [0, 0.05) is 43.7 Å². The van der Waals surface area contributed by atoms with Gasteiger partial charge in [0.1, 0.15) is 9.93 Å². The quantitative estimate of drug-likeness (QED) is 0.484. The van der Waals surface area contributed by atoms with Crippen molar-refractivity contribution in [3.8, 4) is 10.6 Å². The second-order valence-corrected chi connectivity index (χ2v) is 7.33. The van der Waals surface area contributed by atoms with Crippen LogP contribution in [0.2, 0.25) is 0 Å². The number of aromatic nitrogens is 1. The van der Waals surface area contributed by atoms with Crippen LogP contribution in [-0.4, -0.2) is 51.8 Å². The molecule has 1 fully saturated rings. The average molecular weight is 398 g/mol. The lowest BCUT2D eigenvalue weighted by Gasteiger charge is -2.33. The van der Waals surface area contributed by atoms with Crippen LogP contribution in [0.4, 0.5) is 5.88 Å². The molecule has 9 heteroatoms. The van der Waals surface area contributed by atoms with Gasteiger partial charge in [0.15, 0.2) is 5.76 Å². The Hall–Kier alpha value is -3.04. The highest BCUT2D eigenvalue weighted by molar-refractivity contribution is 7.13. The third-order valence-electron chi connectivity index (χ3n) is 4.60. The number of hydrogen-bond acceptors (Lipinski definition) is 7. The molecule has 4 rings (SSSR count). The van der Waals surface area contributed by atoms with Gasteiger partial charge in [0.2, 0.25) is 0 Å². The molecule has 0 bridgehead atoms. The van der Waals surface area contributed by atoms with Gasteiger partial charge in [-0.2, -0.15) is 0 Å². The summed E-state index contributed by atoms with van der Waals surface area (Å²) in [5, 5.41) is 13.8. The molecular formula is C19H18N4O4S. The molecule has 28 heavy (non-hydrogen) atoms. The van der Waals surface area contributed by atoms with Gasteiger partial charge < -0.3 is 9.32 Å². The molecule has 1 aromatic carbocycles. The summed E-state index contributed by atoms with van der Waals surface area (Å²) in [7, 11) is 0. The molecule has 144 valence electrons. The maximum absolute atomic E-state index is 12.4. The second kappa shape index (κ2) is 7.91. The lowest BCUT2D eigenvalue weighted by molar-refractivity contribution is -0.402. The number of furan rings is 1. The molecule has 2 aromatic heterocycles. The first-order chi connectivity index (χ1) is 13.6. The molecule has 0 N–H and O–H groups in total. The average Bonchev–Trinajstić information content (AvgIpc) is 3.39. The van der Waals surface area contributed by atoms with Crippen molar-refractivity contribution in [3.05, 3.63) is 69.4 Å². The van der Waals surface area contributed by atoms with E-state index in [0.717, 1.165) is 22.8 Å². The van der Waals surface area contributed by atoms with Crippen molar-refractivity contribution >= 4 is 23.1 Å². The fraction of sp³-hybridized carbons (Fsp3) is 0.263. The monoisotopic (exact) mass is 398 g/mol. The van der Waals surface area contributed by atoms with Crippen LogP contribution in [0.1, 0.15) is 16.2 Å². The smallest absolute Gasteiger partial charge is 0.395 e. The molecule has 0 radical (unpaired) electrons. The van der Waals surface area contributed by atoms with Gasteiger partial charge in [-0.15, -0.1) is 11.3 Å². The lowest BCUT2D eigenvalue weighted by Crippen LogP contribution is -2.48. The SMILES string of the molecule is O=C(c1ccc([N+](=O)[O-])o1)N1CCN(Cc2csc(-c3ccccc3)n2)CC1. The van der Waals surface area contributed by atoms with E-state index in [9.17, 15) is 14.9 Å². The van der Waals surface area contributed by atoms with Crippen LogP contribution in [0.5, 0.6) is 0 Å². The Labute approximate surface area is 165 Å². The minimum absolute atomic E-state index is 0.00662. The number of thiazole rings is 1. The number of nitrogens with zero attached hydrogens (tertiary/aromatic N) is 4. The van der Waals surface area contributed by atoms with Crippen molar-refractivity contribution in [2.45, 2.75) is 6.54 Å². The predicted molar refractivity (Wildman–Crippen MR) is 104 cm³/mol. The van der Waals surface area contributed by atoms with E-state index in [1.165, 1.54) is 12.1 Å². The number of piperazine rings is 1. The van der Waals surface area contributed by atoms with E-state index >= 15 is 0 Å². The number of carbonyl (C=O) groups is 1.